The van der Waals surface area contributed by atoms with E-state index in [1.807, 2.05) is 0 Å². The topological polar surface area (TPSA) is 23.5 Å². The first-order valence-corrected chi connectivity index (χ1v) is 13.9. The summed E-state index contributed by atoms with van der Waals surface area (Å²) < 4.78 is 0. The summed E-state index contributed by atoms with van der Waals surface area (Å²) in [5.41, 5.74) is 1.26. The Morgan fingerprint density at radius 1 is 1.04 bits per heavy atom. The van der Waals surface area contributed by atoms with E-state index in [0.29, 0.717) is 5.54 Å². The highest BCUT2D eigenvalue weighted by atomic mass is 28.3. The maximum absolute atomic E-state index is 12.0. The molecule has 1 aliphatic rings. The van der Waals surface area contributed by atoms with Crippen molar-refractivity contribution in [3.8, 4) is 12.3 Å². The average Bonchev–Trinajstić information content (AvgIpc) is 2.72. The van der Waals surface area contributed by atoms with Gasteiger partial charge in [-0.25, -0.2) is 0 Å². The number of hydrogen-bond donors (Lipinski definition) is 1. The minimum Gasteiger partial charge on any atom is -0.390 e. The van der Waals surface area contributed by atoms with Gasteiger partial charge in [0.2, 0.25) is 0 Å². The fourth-order valence-electron chi connectivity index (χ4n) is 6.05. The summed E-state index contributed by atoms with van der Waals surface area (Å²) in [6, 6.07) is 14.6. The first kappa shape index (κ1) is 23.2. The lowest BCUT2D eigenvalue weighted by atomic mass is 9.68. The van der Waals surface area contributed by atoms with Gasteiger partial charge >= 0.3 is 0 Å². The van der Waals surface area contributed by atoms with Crippen molar-refractivity contribution < 1.29 is 5.11 Å². The molecule has 1 aromatic rings. The van der Waals surface area contributed by atoms with Crippen molar-refractivity contribution in [2.45, 2.75) is 94.1 Å². The average molecular weight is 400 g/mol. The normalized spacial score (nSPS) is 26.8. The molecular formula is C25H41NOSi. The molecule has 2 nitrogen and oxygen atoms in total. The van der Waals surface area contributed by atoms with Crippen LogP contribution in [0.4, 0.5) is 0 Å². The van der Waals surface area contributed by atoms with Gasteiger partial charge in [0.25, 0.3) is 0 Å². The molecule has 1 N–H and O–H groups in total. The Morgan fingerprint density at radius 3 is 2.00 bits per heavy atom. The monoisotopic (exact) mass is 399 g/mol. The van der Waals surface area contributed by atoms with Crippen LogP contribution in [-0.4, -0.2) is 37.8 Å². The molecule has 2 rings (SSSR count). The van der Waals surface area contributed by atoms with Gasteiger partial charge in [-0.15, -0.1) is 12.3 Å². The predicted molar refractivity (Wildman–Crippen MR) is 124 cm³/mol. The number of terminal acetylenes is 1. The summed E-state index contributed by atoms with van der Waals surface area (Å²) in [5.74, 6) is 2.86. The zero-order chi connectivity index (χ0) is 20.8. The second-order valence-corrected chi connectivity index (χ2v) is 14.7. The highest BCUT2D eigenvalue weighted by Gasteiger charge is 2.52. The van der Waals surface area contributed by atoms with E-state index in [9.17, 15) is 5.11 Å². The van der Waals surface area contributed by atoms with Crippen LogP contribution in [-0.2, 0) is 5.54 Å². The van der Waals surface area contributed by atoms with E-state index in [-0.39, 0.29) is 5.54 Å². The maximum atomic E-state index is 12.0. The first-order chi connectivity index (χ1) is 13.3. The molecular weight excluding hydrogens is 358 g/mol. The molecule has 1 unspecified atom stereocenters. The third-order valence-corrected chi connectivity index (χ3v) is 14.7. The minimum atomic E-state index is -1.56. The molecule has 0 radical (unpaired) electrons. The molecule has 0 saturated heterocycles. The van der Waals surface area contributed by atoms with Gasteiger partial charge in [0.05, 0.1) is 13.7 Å². The summed E-state index contributed by atoms with van der Waals surface area (Å²) in [7, 11) is 2.83. The molecule has 1 aromatic carbocycles. The van der Waals surface area contributed by atoms with Crippen LogP contribution in [0.3, 0.4) is 0 Å². The largest absolute Gasteiger partial charge is 0.390 e. The van der Waals surface area contributed by atoms with Gasteiger partial charge in [0, 0.05) is 12.0 Å². The Labute approximate surface area is 174 Å². The van der Waals surface area contributed by atoms with E-state index >= 15 is 0 Å². The van der Waals surface area contributed by atoms with Crippen LogP contribution in [0, 0.1) is 12.3 Å². The Balaban J connectivity index is 2.35. The van der Waals surface area contributed by atoms with Crippen LogP contribution in [0.15, 0.2) is 30.3 Å². The van der Waals surface area contributed by atoms with Crippen molar-refractivity contribution in [1.29, 1.82) is 0 Å². The summed E-state index contributed by atoms with van der Waals surface area (Å²) in [4.78, 5) is 2.38. The molecule has 1 atom stereocenters. The molecule has 1 fully saturated rings. The van der Waals surface area contributed by atoms with Crippen molar-refractivity contribution in [3.63, 3.8) is 0 Å². The molecule has 28 heavy (non-hydrogen) atoms. The van der Waals surface area contributed by atoms with Gasteiger partial charge < -0.3 is 5.11 Å². The van der Waals surface area contributed by atoms with Crippen molar-refractivity contribution in [1.82, 2.24) is 4.90 Å². The maximum Gasteiger partial charge on any atom is 0.0654 e. The second kappa shape index (κ2) is 9.61. The summed E-state index contributed by atoms with van der Waals surface area (Å²) in [5, 5.41) is 12.0. The fraction of sp³-hybridized carbons (Fsp3) is 0.680. The predicted octanol–water partition coefficient (Wildman–Crippen LogP) is 6.04. The number of nitrogens with zero attached hydrogens (tertiary/aromatic N) is 1. The van der Waals surface area contributed by atoms with Crippen LogP contribution >= 0.6 is 0 Å². The molecule has 3 heteroatoms. The number of aliphatic hydroxyl groups is 1. The lowest BCUT2D eigenvalue weighted by Gasteiger charge is -2.54. The number of hydrogen-bond acceptors (Lipinski definition) is 2. The number of rotatable bonds is 9. The Morgan fingerprint density at radius 2 is 1.57 bits per heavy atom. The quantitative estimate of drug-likeness (QED) is 0.404. The zero-order valence-corrected chi connectivity index (χ0v) is 19.8. The van der Waals surface area contributed by atoms with Gasteiger partial charge in [0.15, 0.2) is 0 Å². The smallest absolute Gasteiger partial charge is 0.0654 e. The molecule has 0 heterocycles. The van der Waals surface area contributed by atoms with Crippen LogP contribution < -0.4 is 0 Å². The number of benzene rings is 1. The standard InChI is InChI=1S/C25H41NOSi/c1-7-11-17-23(28(8-2,9-3)10-4)25(27)20-18-24(19-21-25,26(5)6)22-15-13-12-14-16-22/h1,12-16,23,27H,8-11,17-21H2,2-6H3. The first-order valence-electron chi connectivity index (χ1n) is 11.2. The molecule has 0 aliphatic heterocycles. The van der Waals surface area contributed by atoms with Gasteiger partial charge in [-0.3, -0.25) is 4.90 Å². The molecule has 0 amide bonds. The molecule has 1 aliphatic carbocycles. The second-order valence-electron chi connectivity index (χ2n) is 9.11. The Kier molecular flexibility index (Phi) is 7.96. The summed E-state index contributed by atoms with van der Waals surface area (Å²) >= 11 is 0. The van der Waals surface area contributed by atoms with Crippen LogP contribution in [0.1, 0.15) is 64.9 Å². The lowest BCUT2D eigenvalue weighted by Crippen LogP contribution is -2.55. The van der Waals surface area contributed by atoms with E-state index in [0.717, 1.165) is 38.5 Å². The molecule has 0 bridgehead atoms. The van der Waals surface area contributed by atoms with Crippen LogP contribution in [0.2, 0.25) is 23.7 Å². The lowest BCUT2D eigenvalue weighted by molar-refractivity contribution is -0.0537. The molecule has 0 aromatic heterocycles. The Hall–Kier alpha value is -1.08. The Bertz CT molecular complexity index is 628. The molecule has 156 valence electrons. The third-order valence-electron chi connectivity index (χ3n) is 8.19. The van der Waals surface area contributed by atoms with Crippen molar-refractivity contribution >= 4 is 8.07 Å². The van der Waals surface area contributed by atoms with E-state index in [1.54, 1.807) is 0 Å². The summed E-state index contributed by atoms with van der Waals surface area (Å²) in [6.07, 6.45) is 11.2. The third kappa shape index (κ3) is 4.25. The van der Waals surface area contributed by atoms with E-state index in [4.69, 9.17) is 6.42 Å². The summed E-state index contributed by atoms with van der Waals surface area (Å²) in [6.45, 7) is 7.05. The minimum absolute atomic E-state index is 0.0268. The van der Waals surface area contributed by atoms with Crippen LogP contribution in [0.25, 0.3) is 0 Å². The molecule has 0 spiro atoms. The van der Waals surface area contributed by atoms with Crippen LogP contribution in [0.5, 0.6) is 0 Å². The van der Waals surface area contributed by atoms with E-state index in [2.05, 4.69) is 76.0 Å². The highest BCUT2D eigenvalue weighted by Crippen LogP contribution is 2.53. The highest BCUT2D eigenvalue weighted by molar-refractivity contribution is 6.81. The van der Waals surface area contributed by atoms with Gasteiger partial charge in [-0.1, -0.05) is 69.2 Å². The van der Waals surface area contributed by atoms with Crippen molar-refractivity contribution in [2.75, 3.05) is 14.1 Å². The fourth-order valence-corrected chi connectivity index (χ4v) is 11.2. The van der Waals surface area contributed by atoms with Gasteiger partial charge in [-0.2, -0.15) is 0 Å². The van der Waals surface area contributed by atoms with E-state index in [1.165, 1.54) is 23.7 Å². The SMILES string of the molecule is C#CCCC(C1(O)CCC(c2ccccc2)(N(C)C)CC1)[Si](CC)(CC)CC. The van der Waals surface area contributed by atoms with Gasteiger partial charge in [-0.05, 0) is 57.3 Å². The zero-order valence-electron chi connectivity index (χ0n) is 18.8. The van der Waals surface area contributed by atoms with Gasteiger partial charge in [0.1, 0.15) is 0 Å². The van der Waals surface area contributed by atoms with E-state index < -0.39 is 13.7 Å². The van der Waals surface area contributed by atoms with Crippen molar-refractivity contribution in [2.24, 2.45) is 0 Å². The molecule has 1 saturated carbocycles. The van der Waals surface area contributed by atoms with Crippen molar-refractivity contribution in [3.05, 3.63) is 35.9 Å².